The smallest absolute Gasteiger partial charge is 0.304 e. The molecule has 2 aromatic carbocycles. The molecule has 2 heterocycles. The maximum Gasteiger partial charge on any atom is 0.304 e. The van der Waals surface area contributed by atoms with Crippen LogP contribution in [0.2, 0.25) is 0 Å². The molecule has 4 rings (SSSR count). The molecular formula is C23H26FN3O3. The third kappa shape index (κ3) is 4.46. The largest absolute Gasteiger partial charge is 0.468 e. The maximum atomic E-state index is 13.0. The third-order valence-electron chi connectivity index (χ3n) is 5.43. The molecule has 6 nitrogen and oxygen atoms in total. The van der Waals surface area contributed by atoms with E-state index >= 15 is 0 Å². The van der Waals surface area contributed by atoms with Gasteiger partial charge in [0.15, 0.2) is 0 Å². The third-order valence-corrected chi connectivity index (χ3v) is 5.43. The summed E-state index contributed by atoms with van der Waals surface area (Å²) in [5, 5.41) is 0. The fraction of sp³-hybridized carbons (Fsp3) is 0.391. The van der Waals surface area contributed by atoms with E-state index in [-0.39, 0.29) is 11.7 Å². The second-order valence-corrected chi connectivity index (χ2v) is 7.43. The summed E-state index contributed by atoms with van der Waals surface area (Å²) in [6.45, 7) is 3.12. The molecule has 158 valence electrons. The Morgan fingerprint density at radius 1 is 1.13 bits per heavy atom. The van der Waals surface area contributed by atoms with Crippen LogP contribution in [-0.4, -0.2) is 48.9 Å². The van der Waals surface area contributed by atoms with Crippen molar-refractivity contribution >= 4 is 22.6 Å². The number of anilines is 1. The Morgan fingerprint density at radius 3 is 2.63 bits per heavy atom. The lowest BCUT2D eigenvalue weighted by Gasteiger charge is -2.28. The average Bonchev–Trinajstić information content (AvgIpc) is 3.16. The summed E-state index contributed by atoms with van der Waals surface area (Å²) in [6, 6.07) is 12.8. The van der Waals surface area contributed by atoms with E-state index in [0.717, 1.165) is 54.6 Å². The molecule has 1 aliphatic rings. The molecule has 0 atom stereocenters. The lowest BCUT2D eigenvalue weighted by molar-refractivity contribution is 0.0893. The number of ether oxygens (including phenoxy) is 2. The normalized spacial score (nSPS) is 14.3. The minimum atomic E-state index is -0.232. The van der Waals surface area contributed by atoms with Crippen molar-refractivity contribution < 1.29 is 18.7 Å². The summed E-state index contributed by atoms with van der Waals surface area (Å²) in [7, 11) is 1.53. The van der Waals surface area contributed by atoms with E-state index in [1.165, 1.54) is 19.2 Å². The van der Waals surface area contributed by atoms with Crippen LogP contribution in [0.5, 0.6) is 6.01 Å². The highest BCUT2D eigenvalue weighted by Gasteiger charge is 2.19. The molecule has 0 aliphatic carbocycles. The topological polar surface area (TPSA) is 56.6 Å². The predicted molar refractivity (Wildman–Crippen MR) is 114 cm³/mol. The quantitative estimate of drug-likeness (QED) is 0.549. The van der Waals surface area contributed by atoms with Crippen molar-refractivity contribution in [3.63, 3.8) is 0 Å². The molecule has 0 saturated carbocycles. The Bertz CT molecular complexity index is 1010. The Morgan fingerprint density at radius 2 is 1.90 bits per heavy atom. The van der Waals surface area contributed by atoms with Crippen molar-refractivity contribution in [2.75, 3.05) is 38.3 Å². The van der Waals surface area contributed by atoms with Crippen molar-refractivity contribution in [1.82, 2.24) is 9.55 Å². The van der Waals surface area contributed by atoms with Crippen LogP contribution in [0.25, 0.3) is 11.0 Å². The van der Waals surface area contributed by atoms with Crippen LogP contribution in [0.4, 0.5) is 10.1 Å². The van der Waals surface area contributed by atoms with E-state index in [4.69, 9.17) is 9.47 Å². The minimum Gasteiger partial charge on any atom is -0.468 e. The number of imidazole rings is 1. The SMILES string of the molecule is COc1nc2cc(N3CCOCC3)ccc2n1C(=O)CCCCc1ccc(F)cc1. The van der Waals surface area contributed by atoms with Gasteiger partial charge in [-0.05, 0) is 55.2 Å². The first-order valence-electron chi connectivity index (χ1n) is 10.3. The number of aryl methyl sites for hydroxylation is 1. The van der Waals surface area contributed by atoms with E-state index in [1.54, 1.807) is 16.7 Å². The summed E-state index contributed by atoms with van der Waals surface area (Å²) >= 11 is 0. The Labute approximate surface area is 175 Å². The van der Waals surface area contributed by atoms with Crippen LogP contribution in [0.3, 0.4) is 0 Å². The molecule has 0 spiro atoms. The summed E-state index contributed by atoms with van der Waals surface area (Å²) < 4.78 is 25.4. The number of fused-ring (bicyclic) bond motifs is 1. The molecule has 1 saturated heterocycles. The predicted octanol–water partition coefficient (Wildman–Crippen LogP) is 4.07. The number of benzene rings is 2. The van der Waals surface area contributed by atoms with Gasteiger partial charge in [-0.3, -0.25) is 4.79 Å². The molecule has 0 unspecified atom stereocenters. The van der Waals surface area contributed by atoms with E-state index in [2.05, 4.69) is 9.88 Å². The van der Waals surface area contributed by atoms with Crippen LogP contribution in [-0.2, 0) is 11.2 Å². The number of morpholine rings is 1. The van der Waals surface area contributed by atoms with Crippen molar-refractivity contribution in [3.8, 4) is 6.01 Å². The standard InChI is InChI=1S/C23H26FN3O3/c1-29-23-25-20-16-19(26-12-14-30-15-13-26)10-11-21(20)27(23)22(28)5-3-2-4-17-6-8-18(24)9-7-17/h6-11,16H,2-5,12-15H2,1H3. The number of carbonyl (C=O) groups is 1. The summed E-state index contributed by atoms with van der Waals surface area (Å²) in [4.78, 5) is 19.7. The molecule has 0 amide bonds. The number of carbonyl (C=O) groups excluding carboxylic acids is 1. The lowest BCUT2D eigenvalue weighted by Crippen LogP contribution is -2.36. The van der Waals surface area contributed by atoms with Crippen molar-refractivity contribution in [3.05, 3.63) is 53.8 Å². The van der Waals surface area contributed by atoms with Crippen molar-refractivity contribution in [2.24, 2.45) is 0 Å². The number of rotatable bonds is 7. The number of methoxy groups -OCH3 is 1. The van der Waals surface area contributed by atoms with E-state index in [0.29, 0.717) is 25.6 Å². The van der Waals surface area contributed by atoms with E-state index in [9.17, 15) is 9.18 Å². The number of nitrogens with zero attached hydrogens (tertiary/aromatic N) is 3. The van der Waals surface area contributed by atoms with Gasteiger partial charge in [0.05, 0.1) is 31.4 Å². The zero-order valence-electron chi connectivity index (χ0n) is 17.1. The Kier molecular flexibility index (Phi) is 6.28. The monoisotopic (exact) mass is 411 g/mol. The first-order valence-corrected chi connectivity index (χ1v) is 10.3. The molecule has 30 heavy (non-hydrogen) atoms. The molecular weight excluding hydrogens is 385 g/mol. The number of aromatic nitrogens is 2. The van der Waals surface area contributed by atoms with Crippen molar-refractivity contribution in [1.29, 1.82) is 0 Å². The minimum absolute atomic E-state index is 0.0346. The molecule has 1 fully saturated rings. The van der Waals surface area contributed by atoms with Crippen LogP contribution < -0.4 is 9.64 Å². The van der Waals surface area contributed by atoms with Gasteiger partial charge in [0, 0.05) is 25.2 Å². The molecule has 0 bridgehead atoms. The Balaban J connectivity index is 1.43. The first kappa shape index (κ1) is 20.3. The lowest BCUT2D eigenvalue weighted by atomic mass is 10.1. The number of halogens is 1. The van der Waals surface area contributed by atoms with Gasteiger partial charge in [0.1, 0.15) is 5.82 Å². The molecule has 0 radical (unpaired) electrons. The molecule has 0 N–H and O–H groups in total. The second-order valence-electron chi connectivity index (χ2n) is 7.43. The van der Waals surface area contributed by atoms with Gasteiger partial charge in [-0.2, -0.15) is 4.98 Å². The highest BCUT2D eigenvalue weighted by Crippen LogP contribution is 2.27. The van der Waals surface area contributed by atoms with Gasteiger partial charge >= 0.3 is 6.01 Å². The molecule has 1 aliphatic heterocycles. The molecule has 7 heteroatoms. The van der Waals surface area contributed by atoms with Crippen LogP contribution in [0, 0.1) is 5.82 Å². The van der Waals surface area contributed by atoms with Crippen molar-refractivity contribution in [2.45, 2.75) is 25.7 Å². The fourth-order valence-corrected chi connectivity index (χ4v) is 3.81. The molecule has 1 aromatic heterocycles. The summed E-state index contributed by atoms with van der Waals surface area (Å²) in [5.41, 5.74) is 3.65. The number of unbranched alkanes of at least 4 members (excludes halogenated alkanes) is 1. The number of hydrogen-bond donors (Lipinski definition) is 0. The van der Waals surface area contributed by atoms with Crippen LogP contribution in [0.15, 0.2) is 42.5 Å². The maximum absolute atomic E-state index is 13.0. The zero-order valence-corrected chi connectivity index (χ0v) is 17.1. The van der Waals surface area contributed by atoms with Gasteiger partial charge in [-0.15, -0.1) is 0 Å². The second kappa shape index (κ2) is 9.26. The fourth-order valence-electron chi connectivity index (χ4n) is 3.81. The molecule has 3 aromatic rings. The van der Waals surface area contributed by atoms with Gasteiger partial charge in [-0.25, -0.2) is 8.96 Å². The summed E-state index contributed by atoms with van der Waals surface area (Å²) in [6.07, 6.45) is 2.81. The van der Waals surface area contributed by atoms with E-state index < -0.39 is 0 Å². The van der Waals surface area contributed by atoms with Gasteiger partial charge in [0.25, 0.3) is 0 Å². The Hall–Kier alpha value is -2.93. The van der Waals surface area contributed by atoms with Crippen LogP contribution in [0.1, 0.15) is 29.6 Å². The van der Waals surface area contributed by atoms with Gasteiger partial charge in [-0.1, -0.05) is 12.1 Å². The number of hydrogen-bond acceptors (Lipinski definition) is 5. The first-order chi connectivity index (χ1) is 14.7. The average molecular weight is 411 g/mol. The van der Waals surface area contributed by atoms with Crippen LogP contribution >= 0.6 is 0 Å². The zero-order chi connectivity index (χ0) is 20.9. The van der Waals surface area contributed by atoms with Gasteiger partial charge < -0.3 is 14.4 Å². The summed E-state index contributed by atoms with van der Waals surface area (Å²) in [5.74, 6) is -0.266. The highest BCUT2D eigenvalue weighted by atomic mass is 19.1. The van der Waals surface area contributed by atoms with E-state index in [1.807, 2.05) is 18.2 Å². The highest BCUT2D eigenvalue weighted by molar-refractivity contribution is 5.93. The van der Waals surface area contributed by atoms with Gasteiger partial charge in [0.2, 0.25) is 5.91 Å².